The molecule has 0 bridgehead atoms. The summed E-state index contributed by atoms with van der Waals surface area (Å²) >= 11 is 6.95. The molecule has 4 aromatic rings. The Morgan fingerprint density at radius 3 is 1.32 bits per heavy atom. The Morgan fingerprint density at radius 1 is 0.620 bits per heavy atom. The van der Waals surface area contributed by atoms with Crippen molar-refractivity contribution in [3.8, 4) is 0 Å². The molecule has 0 aliphatic rings. The molecule has 4 aromatic carbocycles. The molecule has 4 atom stereocenters. The summed E-state index contributed by atoms with van der Waals surface area (Å²) in [6.07, 6.45) is -1.09. The summed E-state index contributed by atoms with van der Waals surface area (Å²) in [5, 5.41) is 5.80. The molecule has 0 saturated heterocycles. The third-order valence-electron chi connectivity index (χ3n) is 7.87. The Kier molecular flexibility index (Phi) is 13.3. The van der Waals surface area contributed by atoms with Crippen molar-refractivity contribution in [1.29, 1.82) is 0 Å². The van der Waals surface area contributed by atoms with Gasteiger partial charge in [-0.2, -0.15) is 0 Å². The quantitative estimate of drug-likeness (QED) is 0.0762. The zero-order valence-electron chi connectivity index (χ0n) is 27.5. The van der Waals surface area contributed by atoms with E-state index in [1.165, 1.54) is 0 Å². The molecule has 0 radical (unpaired) electrons. The van der Waals surface area contributed by atoms with Gasteiger partial charge in [0, 0.05) is 21.1 Å². The lowest BCUT2D eigenvalue weighted by molar-refractivity contribution is -0.153. The van der Waals surface area contributed by atoms with Crippen LogP contribution in [0.5, 0.6) is 0 Å². The molecule has 0 aromatic heterocycles. The standard InChI is InChI=1S/C38H38Br2N4O6/c1-37(27-13-5-3-6-14-27,23-25-11-9-17-29(39)21-25)43-35(47)33(41)49-31(45)19-20-32(46)50-34(42)36(48)44-38(2,28-15-7-4-8-16-28)24-26-12-10-18-30(40)22-26/h3-22,33-34H,23-24,41-42H2,1-2H3,(H,43,47)(H,44,48)/b20-19-. The predicted octanol–water partition coefficient (Wildman–Crippen LogP) is 5.27. The number of carbonyl (C=O) groups is 4. The Balaban J connectivity index is 1.34. The molecule has 0 spiro atoms. The molecule has 12 heteroatoms. The zero-order valence-corrected chi connectivity index (χ0v) is 30.6. The molecule has 2 amide bonds. The van der Waals surface area contributed by atoms with Gasteiger partial charge in [-0.1, -0.05) is 117 Å². The Labute approximate surface area is 307 Å². The summed E-state index contributed by atoms with van der Waals surface area (Å²) in [7, 11) is 0. The number of hydrogen-bond donors (Lipinski definition) is 4. The molecular weight excluding hydrogens is 768 g/mol. The number of hydrogen-bond acceptors (Lipinski definition) is 8. The van der Waals surface area contributed by atoms with Gasteiger partial charge in [0.15, 0.2) is 0 Å². The third-order valence-corrected chi connectivity index (χ3v) is 8.86. The van der Waals surface area contributed by atoms with Crippen LogP contribution >= 0.6 is 31.9 Å². The second kappa shape index (κ2) is 17.3. The van der Waals surface area contributed by atoms with Crippen molar-refractivity contribution in [2.75, 3.05) is 0 Å². The number of rotatable bonds is 14. The molecule has 6 N–H and O–H groups in total. The van der Waals surface area contributed by atoms with Crippen LogP contribution in [0.25, 0.3) is 0 Å². The highest BCUT2D eigenvalue weighted by Gasteiger charge is 2.33. The van der Waals surface area contributed by atoms with Gasteiger partial charge >= 0.3 is 11.9 Å². The smallest absolute Gasteiger partial charge is 0.333 e. The van der Waals surface area contributed by atoms with E-state index in [0.29, 0.717) is 12.8 Å². The van der Waals surface area contributed by atoms with Gasteiger partial charge in [-0.15, -0.1) is 0 Å². The zero-order chi connectivity index (χ0) is 36.3. The van der Waals surface area contributed by atoms with Crippen molar-refractivity contribution in [1.82, 2.24) is 10.6 Å². The van der Waals surface area contributed by atoms with E-state index in [0.717, 1.165) is 43.4 Å². The minimum Gasteiger partial charge on any atom is -0.434 e. The maximum atomic E-state index is 13.1. The van der Waals surface area contributed by atoms with Crippen molar-refractivity contribution in [3.05, 3.63) is 153 Å². The van der Waals surface area contributed by atoms with E-state index in [1.54, 1.807) is 0 Å². The van der Waals surface area contributed by atoms with Crippen LogP contribution in [0.15, 0.2) is 130 Å². The van der Waals surface area contributed by atoms with Crippen molar-refractivity contribution in [3.63, 3.8) is 0 Å². The second-order valence-corrected chi connectivity index (χ2v) is 13.9. The molecule has 4 rings (SSSR count). The summed E-state index contributed by atoms with van der Waals surface area (Å²) in [4.78, 5) is 51.2. The Morgan fingerprint density at radius 2 is 0.980 bits per heavy atom. The average molecular weight is 807 g/mol. The van der Waals surface area contributed by atoms with Gasteiger partial charge < -0.3 is 20.1 Å². The van der Waals surface area contributed by atoms with Gasteiger partial charge in [0.25, 0.3) is 11.8 Å². The first-order valence-corrected chi connectivity index (χ1v) is 17.2. The van der Waals surface area contributed by atoms with Crippen molar-refractivity contribution in [2.24, 2.45) is 11.5 Å². The van der Waals surface area contributed by atoms with E-state index in [4.69, 9.17) is 20.9 Å². The van der Waals surface area contributed by atoms with Gasteiger partial charge in [0.1, 0.15) is 0 Å². The van der Waals surface area contributed by atoms with Gasteiger partial charge in [0.05, 0.1) is 11.1 Å². The lowest BCUT2D eigenvalue weighted by Gasteiger charge is -2.33. The monoisotopic (exact) mass is 804 g/mol. The molecule has 4 unspecified atom stereocenters. The number of benzene rings is 4. The molecule has 0 saturated carbocycles. The minimum absolute atomic E-state index is 0.414. The molecule has 0 heterocycles. The number of carbonyl (C=O) groups excluding carboxylic acids is 4. The van der Waals surface area contributed by atoms with E-state index in [2.05, 4.69) is 42.5 Å². The van der Waals surface area contributed by atoms with Gasteiger partial charge in [-0.05, 0) is 73.2 Å². The number of amides is 2. The summed E-state index contributed by atoms with van der Waals surface area (Å²) in [5.41, 5.74) is 13.6. The largest absolute Gasteiger partial charge is 0.434 e. The molecular formula is C38H38Br2N4O6. The van der Waals surface area contributed by atoms with Crippen molar-refractivity contribution < 1.29 is 28.7 Å². The van der Waals surface area contributed by atoms with Gasteiger partial charge in [-0.25, -0.2) is 9.59 Å². The summed E-state index contributed by atoms with van der Waals surface area (Å²) < 4.78 is 11.9. The highest BCUT2D eigenvalue weighted by molar-refractivity contribution is 9.10. The van der Waals surface area contributed by atoms with E-state index in [1.807, 2.05) is 123 Å². The average Bonchev–Trinajstić information content (AvgIpc) is 3.08. The molecule has 50 heavy (non-hydrogen) atoms. The van der Waals surface area contributed by atoms with Crippen LogP contribution in [0, 0.1) is 0 Å². The first kappa shape index (κ1) is 38.2. The van der Waals surface area contributed by atoms with E-state index in [9.17, 15) is 19.2 Å². The number of nitrogens with two attached hydrogens (primary N) is 2. The molecule has 260 valence electrons. The molecule has 0 aliphatic carbocycles. The van der Waals surface area contributed by atoms with E-state index < -0.39 is 47.3 Å². The maximum absolute atomic E-state index is 13.1. The summed E-state index contributed by atoms with van der Waals surface area (Å²) in [6, 6.07) is 34.0. The summed E-state index contributed by atoms with van der Waals surface area (Å²) in [6.45, 7) is 3.68. The highest BCUT2D eigenvalue weighted by atomic mass is 79.9. The maximum Gasteiger partial charge on any atom is 0.333 e. The first-order chi connectivity index (χ1) is 23.8. The van der Waals surface area contributed by atoms with Crippen LogP contribution in [0.4, 0.5) is 0 Å². The van der Waals surface area contributed by atoms with Crippen LogP contribution in [0.1, 0.15) is 36.1 Å². The second-order valence-electron chi connectivity index (χ2n) is 12.0. The minimum atomic E-state index is -1.69. The van der Waals surface area contributed by atoms with Crippen LogP contribution in [0.3, 0.4) is 0 Å². The van der Waals surface area contributed by atoms with Crippen molar-refractivity contribution >= 4 is 55.6 Å². The Bertz CT molecular complexity index is 1710. The van der Waals surface area contributed by atoms with E-state index >= 15 is 0 Å². The number of nitrogens with one attached hydrogen (secondary N) is 2. The first-order valence-electron chi connectivity index (χ1n) is 15.6. The number of esters is 2. The number of ether oxygens (including phenoxy) is 2. The molecule has 0 fully saturated rings. The van der Waals surface area contributed by atoms with Crippen LogP contribution in [-0.2, 0) is 52.6 Å². The lowest BCUT2D eigenvalue weighted by Crippen LogP contribution is -2.52. The Hall–Kier alpha value is -4.62. The molecule has 0 aliphatic heterocycles. The normalized spacial score (nSPS) is 14.8. The third kappa shape index (κ3) is 10.9. The lowest BCUT2D eigenvalue weighted by atomic mass is 9.85. The van der Waals surface area contributed by atoms with Crippen LogP contribution in [0.2, 0.25) is 0 Å². The fourth-order valence-electron chi connectivity index (χ4n) is 5.42. The number of halogens is 2. The summed E-state index contributed by atoms with van der Waals surface area (Å²) in [5.74, 6) is -3.67. The highest BCUT2D eigenvalue weighted by Crippen LogP contribution is 2.28. The predicted molar refractivity (Wildman–Crippen MR) is 197 cm³/mol. The fourth-order valence-corrected chi connectivity index (χ4v) is 6.31. The SMILES string of the molecule is CC(Cc1cccc(Br)c1)(NC(=O)C(N)OC(=O)/C=C\C(=O)OC(N)C(=O)NC(C)(Cc1cccc(Br)c1)c1ccccc1)c1ccccc1. The van der Waals surface area contributed by atoms with E-state index in [-0.39, 0.29) is 0 Å². The fraction of sp³-hybridized carbons (Fsp3) is 0.211. The topological polar surface area (TPSA) is 163 Å². The van der Waals surface area contributed by atoms with Gasteiger partial charge in [0.2, 0.25) is 12.5 Å². The van der Waals surface area contributed by atoms with Crippen LogP contribution < -0.4 is 22.1 Å². The molecule has 10 nitrogen and oxygen atoms in total. The van der Waals surface area contributed by atoms with Crippen LogP contribution in [-0.4, -0.2) is 36.2 Å². The van der Waals surface area contributed by atoms with Gasteiger partial charge in [-0.3, -0.25) is 21.1 Å². The van der Waals surface area contributed by atoms with Crippen molar-refractivity contribution in [2.45, 2.75) is 50.2 Å².